The van der Waals surface area contributed by atoms with Crippen LogP contribution in [0, 0.1) is 0 Å². The minimum atomic E-state index is 0.0671. The van der Waals surface area contributed by atoms with Gasteiger partial charge in [0.15, 0.2) is 0 Å². The molecule has 2 rings (SSSR count). The van der Waals surface area contributed by atoms with Crippen molar-refractivity contribution in [3.8, 4) is 0 Å². The van der Waals surface area contributed by atoms with Gasteiger partial charge in [-0.05, 0) is 31.3 Å². The molecule has 1 amide bonds. The van der Waals surface area contributed by atoms with Crippen molar-refractivity contribution in [1.29, 1.82) is 0 Å². The molecule has 1 saturated heterocycles. The summed E-state index contributed by atoms with van der Waals surface area (Å²) in [5.41, 5.74) is 2.96. The van der Waals surface area contributed by atoms with Crippen molar-refractivity contribution in [2.75, 3.05) is 39.0 Å². The monoisotopic (exact) mass is 343 g/mol. The molecule has 1 aromatic carbocycles. The summed E-state index contributed by atoms with van der Waals surface area (Å²) in [6.07, 6.45) is 0. The van der Waals surface area contributed by atoms with Gasteiger partial charge in [-0.3, -0.25) is 10.2 Å². The fourth-order valence-corrected chi connectivity index (χ4v) is 2.76. The maximum atomic E-state index is 11.8. The van der Waals surface area contributed by atoms with E-state index in [4.69, 9.17) is 0 Å². The number of rotatable bonds is 4. The van der Waals surface area contributed by atoms with E-state index in [2.05, 4.69) is 33.3 Å². The van der Waals surface area contributed by atoms with Gasteiger partial charge < -0.3 is 4.90 Å². The predicted octanol–water partition coefficient (Wildman–Crippen LogP) is 1.82. The van der Waals surface area contributed by atoms with E-state index in [9.17, 15) is 4.79 Å². The number of nitrogens with one attached hydrogen (secondary N) is 1. The second-order valence-corrected chi connectivity index (χ2v) is 6.53. The third-order valence-electron chi connectivity index (χ3n) is 2.97. The zero-order valence-corrected chi connectivity index (χ0v) is 13.3. The highest BCUT2D eigenvalue weighted by atomic mass is 79.9. The number of hydrazine groups is 1. The van der Waals surface area contributed by atoms with Crippen LogP contribution in [0.3, 0.4) is 0 Å². The van der Waals surface area contributed by atoms with Crippen LogP contribution in [0.2, 0.25) is 0 Å². The second-order valence-electron chi connectivity index (χ2n) is 4.57. The number of hydrogen-bond acceptors (Lipinski definition) is 4. The average Bonchev–Trinajstić information content (AvgIpc) is 2.41. The zero-order valence-electron chi connectivity index (χ0n) is 10.9. The average molecular weight is 344 g/mol. The van der Waals surface area contributed by atoms with Gasteiger partial charge in [0.05, 0.1) is 5.75 Å². The van der Waals surface area contributed by atoms with Crippen LogP contribution in [-0.2, 0) is 4.79 Å². The van der Waals surface area contributed by atoms with Gasteiger partial charge in [0.2, 0.25) is 5.91 Å². The number of nitrogens with zero attached hydrogens (tertiary/aromatic N) is 2. The minimum Gasteiger partial charge on any atom is -0.304 e. The molecule has 6 heteroatoms. The summed E-state index contributed by atoms with van der Waals surface area (Å²) in [5.74, 6) is 0.519. The lowest BCUT2D eigenvalue weighted by atomic mass is 10.4. The third kappa shape index (κ3) is 5.14. The summed E-state index contributed by atoms with van der Waals surface area (Å²) < 4.78 is 1.05. The minimum absolute atomic E-state index is 0.0671. The molecule has 0 bridgehead atoms. The first kappa shape index (κ1) is 14.8. The number of thioether (sulfide) groups is 1. The van der Waals surface area contributed by atoms with Crippen LogP contribution in [0.1, 0.15) is 0 Å². The Morgan fingerprint density at radius 2 is 1.89 bits per heavy atom. The van der Waals surface area contributed by atoms with E-state index < -0.39 is 0 Å². The summed E-state index contributed by atoms with van der Waals surface area (Å²) in [5, 5.41) is 2.00. The standard InChI is InChI=1S/C13H18BrN3OS/c1-16-6-8-17(9-7-16)15-13(18)10-19-12-4-2-11(14)3-5-12/h2-5H,6-10H2,1H3,(H,15,18). The fraction of sp³-hybridized carbons (Fsp3) is 0.462. The van der Waals surface area contributed by atoms with Crippen LogP contribution in [-0.4, -0.2) is 54.8 Å². The lowest BCUT2D eigenvalue weighted by molar-refractivity contribution is -0.124. The Balaban J connectivity index is 1.71. The van der Waals surface area contributed by atoms with Gasteiger partial charge in [-0.15, -0.1) is 11.8 Å². The van der Waals surface area contributed by atoms with E-state index in [0.717, 1.165) is 35.5 Å². The zero-order chi connectivity index (χ0) is 13.7. The van der Waals surface area contributed by atoms with Gasteiger partial charge >= 0.3 is 0 Å². The third-order valence-corrected chi connectivity index (χ3v) is 4.51. The number of carbonyl (C=O) groups excluding carboxylic acids is 1. The van der Waals surface area contributed by atoms with Gasteiger partial charge in [0, 0.05) is 35.5 Å². The number of piperazine rings is 1. The molecule has 1 N–H and O–H groups in total. The molecule has 1 aliphatic rings. The van der Waals surface area contributed by atoms with Crippen molar-refractivity contribution >= 4 is 33.6 Å². The Hall–Kier alpha value is -0.560. The summed E-state index contributed by atoms with van der Waals surface area (Å²) in [4.78, 5) is 15.2. The maximum Gasteiger partial charge on any atom is 0.244 e. The number of benzene rings is 1. The van der Waals surface area contributed by atoms with E-state index in [-0.39, 0.29) is 5.91 Å². The van der Waals surface area contributed by atoms with Crippen molar-refractivity contribution in [2.45, 2.75) is 4.90 Å². The number of hydrogen-bond donors (Lipinski definition) is 1. The van der Waals surface area contributed by atoms with Gasteiger partial charge in [-0.1, -0.05) is 15.9 Å². The first-order chi connectivity index (χ1) is 9.13. The molecular formula is C13H18BrN3OS. The van der Waals surface area contributed by atoms with E-state index in [1.54, 1.807) is 11.8 Å². The Labute approximate surface area is 126 Å². The maximum absolute atomic E-state index is 11.8. The first-order valence-electron chi connectivity index (χ1n) is 6.25. The van der Waals surface area contributed by atoms with Crippen LogP contribution < -0.4 is 5.43 Å². The lowest BCUT2D eigenvalue weighted by Gasteiger charge is -2.32. The van der Waals surface area contributed by atoms with Crippen molar-refractivity contribution in [3.63, 3.8) is 0 Å². The number of halogens is 1. The van der Waals surface area contributed by atoms with Gasteiger partial charge in [0.25, 0.3) is 0 Å². The van der Waals surface area contributed by atoms with Crippen LogP contribution in [0.5, 0.6) is 0 Å². The molecule has 1 aliphatic heterocycles. The Morgan fingerprint density at radius 3 is 2.53 bits per heavy atom. The molecule has 104 valence electrons. The van der Waals surface area contributed by atoms with Crippen molar-refractivity contribution in [3.05, 3.63) is 28.7 Å². The topological polar surface area (TPSA) is 35.6 Å². The molecular weight excluding hydrogens is 326 g/mol. The number of likely N-dealkylation sites (N-methyl/N-ethyl adjacent to an activating group) is 1. The van der Waals surface area contributed by atoms with E-state index >= 15 is 0 Å². The van der Waals surface area contributed by atoms with E-state index in [1.165, 1.54) is 0 Å². The molecule has 0 unspecified atom stereocenters. The summed E-state index contributed by atoms with van der Waals surface area (Å²) in [6, 6.07) is 8.00. The molecule has 4 nitrogen and oxygen atoms in total. The molecule has 0 radical (unpaired) electrons. The largest absolute Gasteiger partial charge is 0.304 e. The molecule has 0 saturated carbocycles. The van der Waals surface area contributed by atoms with Crippen LogP contribution in [0.25, 0.3) is 0 Å². The van der Waals surface area contributed by atoms with E-state index in [0.29, 0.717) is 5.75 Å². The molecule has 0 aromatic heterocycles. The van der Waals surface area contributed by atoms with Gasteiger partial charge in [0.1, 0.15) is 0 Å². The fourth-order valence-electron chi connectivity index (χ4n) is 1.81. The van der Waals surface area contributed by atoms with Crippen molar-refractivity contribution in [2.24, 2.45) is 0 Å². The van der Waals surface area contributed by atoms with Gasteiger partial charge in [-0.2, -0.15) is 0 Å². The van der Waals surface area contributed by atoms with Crippen LogP contribution >= 0.6 is 27.7 Å². The molecule has 0 atom stereocenters. The van der Waals surface area contributed by atoms with Crippen LogP contribution in [0.15, 0.2) is 33.6 Å². The summed E-state index contributed by atoms with van der Waals surface area (Å²) in [6.45, 7) is 3.79. The molecule has 1 aromatic rings. The summed E-state index contributed by atoms with van der Waals surface area (Å²) >= 11 is 4.95. The predicted molar refractivity (Wildman–Crippen MR) is 82.1 cm³/mol. The van der Waals surface area contributed by atoms with Crippen molar-refractivity contribution in [1.82, 2.24) is 15.3 Å². The molecule has 0 aliphatic carbocycles. The quantitative estimate of drug-likeness (QED) is 0.846. The van der Waals surface area contributed by atoms with Crippen LogP contribution in [0.4, 0.5) is 0 Å². The molecule has 0 spiro atoms. The highest BCUT2D eigenvalue weighted by Gasteiger charge is 2.15. The lowest BCUT2D eigenvalue weighted by Crippen LogP contribution is -2.52. The first-order valence-corrected chi connectivity index (χ1v) is 8.03. The Morgan fingerprint density at radius 1 is 1.26 bits per heavy atom. The Bertz CT molecular complexity index is 418. The Kier molecular flexibility index (Phi) is 5.69. The van der Waals surface area contributed by atoms with Gasteiger partial charge in [-0.25, -0.2) is 5.01 Å². The summed E-state index contributed by atoms with van der Waals surface area (Å²) in [7, 11) is 2.10. The molecule has 1 fully saturated rings. The number of carbonyl (C=O) groups is 1. The number of amides is 1. The second kappa shape index (κ2) is 7.28. The molecule has 1 heterocycles. The van der Waals surface area contributed by atoms with Crippen molar-refractivity contribution < 1.29 is 4.79 Å². The smallest absolute Gasteiger partial charge is 0.244 e. The normalized spacial score (nSPS) is 17.4. The molecule has 19 heavy (non-hydrogen) atoms. The highest BCUT2D eigenvalue weighted by molar-refractivity contribution is 9.10. The highest BCUT2D eigenvalue weighted by Crippen LogP contribution is 2.20. The van der Waals surface area contributed by atoms with E-state index in [1.807, 2.05) is 29.3 Å². The SMILES string of the molecule is CN1CCN(NC(=O)CSc2ccc(Br)cc2)CC1.